The zero-order valence-corrected chi connectivity index (χ0v) is 15.6. The Morgan fingerprint density at radius 3 is 2.57 bits per heavy atom. The fraction of sp³-hybridized carbons (Fsp3) is 0.316. The zero-order valence-electron chi connectivity index (χ0n) is 14.8. The number of carbonyl (C=O) groups excluding carboxylic acids is 1. The Morgan fingerprint density at radius 2 is 1.86 bits per heavy atom. The summed E-state index contributed by atoms with van der Waals surface area (Å²) < 4.78 is 37.9. The summed E-state index contributed by atoms with van der Waals surface area (Å²) in [6.07, 6.45) is -0.928. The molecule has 4 rings (SSSR count). The van der Waals surface area contributed by atoms with E-state index in [0.29, 0.717) is 26.2 Å². The Morgan fingerprint density at radius 1 is 1.11 bits per heavy atom. The lowest BCUT2D eigenvalue weighted by molar-refractivity contribution is -0.141. The van der Waals surface area contributed by atoms with E-state index in [0.717, 1.165) is 33.2 Å². The molecule has 0 saturated carbocycles. The molecule has 0 atom stereocenters. The zero-order chi connectivity index (χ0) is 19.7. The molecule has 1 aliphatic rings. The van der Waals surface area contributed by atoms with Gasteiger partial charge in [-0.1, -0.05) is 24.3 Å². The maximum absolute atomic E-state index is 12.6. The van der Waals surface area contributed by atoms with E-state index in [1.54, 1.807) is 4.90 Å². The van der Waals surface area contributed by atoms with Crippen LogP contribution >= 0.6 is 11.3 Å². The Hall–Kier alpha value is -2.68. The second kappa shape index (κ2) is 7.38. The maximum Gasteiger partial charge on any atom is 0.434 e. The van der Waals surface area contributed by atoms with Gasteiger partial charge in [0.1, 0.15) is 5.01 Å². The van der Waals surface area contributed by atoms with E-state index in [-0.39, 0.29) is 17.3 Å². The minimum atomic E-state index is -4.48. The minimum absolute atomic E-state index is 0.101. The average molecular weight is 406 g/mol. The molecule has 9 heteroatoms. The van der Waals surface area contributed by atoms with E-state index in [1.807, 2.05) is 36.7 Å². The molecule has 1 amide bonds. The van der Waals surface area contributed by atoms with Crippen LogP contribution in [0.1, 0.15) is 10.7 Å². The molecule has 0 radical (unpaired) electrons. The summed E-state index contributed by atoms with van der Waals surface area (Å²) in [5.41, 5.74) is 0.0912. The quantitative estimate of drug-likeness (QED) is 0.667. The molecule has 0 bridgehead atoms. The highest BCUT2D eigenvalue weighted by Crippen LogP contribution is 2.30. The molecule has 1 aromatic carbocycles. The Balaban J connectivity index is 1.40. The Labute approximate surface area is 163 Å². The number of thiazole rings is 1. The van der Waals surface area contributed by atoms with Gasteiger partial charge in [0.15, 0.2) is 5.69 Å². The first-order valence-corrected chi connectivity index (χ1v) is 9.67. The number of pyridine rings is 1. The van der Waals surface area contributed by atoms with Gasteiger partial charge >= 0.3 is 6.18 Å². The first-order chi connectivity index (χ1) is 13.4. The molecule has 146 valence electrons. The van der Waals surface area contributed by atoms with Gasteiger partial charge in [0.05, 0.1) is 18.3 Å². The molecule has 1 fully saturated rings. The summed E-state index contributed by atoms with van der Waals surface area (Å²) in [7, 11) is 0. The normalized spacial score (nSPS) is 15.2. The van der Waals surface area contributed by atoms with Crippen LogP contribution in [-0.4, -0.2) is 47.0 Å². The molecular formula is C19H17F3N4OS. The second-order valence-electron chi connectivity index (χ2n) is 6.55. The number of carbonyl (C=O) groups is 1. The molecule has 0 unspecified atom stereocenters. The number of aromatic nitrogens is 2. The molecule has 2 aromatic heterocycles. The summed E-state index contributed by atoms with van der Waals surface area (Å²) in [6, 6.07) is 8.00. The first-order valence-electron chi connectivity index (χ1n) is 8.79. The number of rotatable bonds is 3. The average Bonchev–Trinajstić information content (AvgIpc) is 3.17. The third kappa shape index (κ3) is 3.80. The van der Waals surface area contributed by atoms with Gasteiger partial charge in [-0.3, -0.25) is 9.78 Å². The lowest BCUT2D eigenvalue weighted by Gasteiger charge is -2.36. The SMILES string of the molecule is O=C(Cc1nc(C(F)(F)F)cs1)N1CCN(c2cncc3ccccc23)CC1. The summed E-state index contributed by atoms with van der Waals surface area (Å²) in [5.74, 6) is -0.196. The highest BCUT2D eigenvalue weighted by Gasteiger charge is 2.34. The molecule has 5 nitrogen and oxygen atoms in total. The van der Waals surface area contributed by atoms with Gasteiger partial charge < -0.3 is 9.80 Å². The third-order valence-corrected chi connectivity index (χ3v) is 5.61. The van der Waals surface area contributed by atoms with Crippen molar-refractivity contribution in [1.29, 1.82) is 0 Å². The van der Waals surface area contributed by atoms with Crippen molar-refractivity contribution in [1.82, 2.24) is 14.9 Å². The van der Waals surface area contributed by atoms with E-state index in [1.165, 1.54) is 0 Å². The molecule has 1 saturated heterocycles. The Kier molecular flexibility index (Phi) is 4.92. The molecule has 0 N–H and O–H groups in total. The maximum atomic E-state index is 12.6. The fourth-order valence-electron chi connectivity index (χ4n) is 3.31. The van der Waals surface area contributed by atoms with Gasteiger partial charge in [-0.15, -0.1) is 11.3 Å². The van der Waals surface area contributed by atoms with Crippen LogP contribution in [-0.2, 0) is 17.4 Å². The van der Waals surface area contributed by atoms with Gasteiger partial charge in [-0.2, -0.15) is 13.2 Å². The summed E-state index contributed by atoms with van der Waals surface area (Å²) >= 11 is 0.870. The number of hydrogen-bond donors (Lipinski definition) is 0. The van der Waals surface area contributed by atoms with E-state index >= 15 is 0 Å². The topological polar surface area (TPSA) is 49.3 Å². The van der Waals surface area contributed by atoms with Crippen molar-refractivity contribution in [3.05, 3.63) is 52.7 Å². The van der Waals surface area contributed by atoms with Crippen LogP contribution in [0.4, 0.5) is 18.9 Å². The van der Waals surface area contributed by atoms with Crippen LogP contribution in [0.15, 0.2) is 42.0 Å². The molecule has 28 heavy (non-hydrogen) atoms. The van der Waals surface area contributed by atoms with Crippen LogP contribution in [0, 0.1) is 0 Å². The summed E-state index contributed by atoms with van der Waals surface area (Å²) in [6.45, 7) is 2.32. The van der Waals surface area contributed by atoms with Gasteiger partial charge in [0.2, 0.25) is 5.91 Å². The van der Waals surface area contributed by atoms with Crippen molar-refractivity contribution >= 4 is 33.7 Å². The monoisotopic (exact) mass is 406 g/mol. The number of benzene rings is 1. The van der Waals surface area contributed by atoms with Crippen LogP contribution in [0.5, 0.6) is 0 Å². The number of piperazine rings is 1. The first kappa shape index (κ1) is 18.7. The molecule has 3 heterocycles. The smallest absolute Gasteiger partial charge is 0.366 e. The number of fused-ring (bicyclic) bond motifs is 1. The Bertz CT molecular complexity index is 991. The minimum Gasteiger partial charge on any atom is -0.366 e. The van der Waals surface area contributed by atoms with Crippen molar-refractivity contribution in [2.24, 2.45) is 0 Å². The number of halogens is 3. The number of amides is 1. The predicted molar refractivity (Wildman–Crippen MR) is 101 cm³/mol. The highest BCUT2D eigenvalue weighted by molar-refractivity contribution is 7.09. The molecule has 1 aliphatic heterocycles. The van der Waals surface area contributed by atoms with Crippen LogP contribution in [0.2, 0.25) is 0 Å². The van der Waals surface area contributed by atoms with E-state index in [9.17, 15) is 18.0 Å². The number of nitrogens with zero attached hydrogens (tertiary/aromatic N) is 4. The molecule has 0 spiro atoms. The molecule has 3 aromatic rings. The number of anilines is 1. The van der Waals surface area contributed by atoms with Gasteiger partial charge in [-0.05, 0) is 0 Å². The number of alkyl halides is 3. The van der Waals surface area contributed by atoms with Crippen molar-refractivity contribution in [2.45, 2.75) is 12.6 Å². The van der Waals surface area contributed by atoms with E-state index in [4.69, 9.17) is 0 Å². The molecular weight excluding hydrogens is 389 g/mol. The van der Waals surface area contributed by atoms with Crippen LogP contribution in [0.3, 0.4) is 0 Å². The van der Waals surface area contributed by atoms with Crippen molar-refractivity contribution in [2.75, 3.05) is 31.1 Å². The standard InChI is InChI=1S/C19H17F3N4OS/c20-19(21,22)16-12-28-17(24-16)9-18(27)26-7-5-25(6-8-26)15-11-23-10-13-3-1-2-4-14(13)15/h1-4,10-12H,5-9H2. The third-order valence-electron chi connectivity index (χ3n) is 4.76. The van der Waals surface area contributed by atoms with Gasteiger partial charge in [0.25, 0.3) is 0 Å². The van der Waals surface area contributed by atoms with Crippen molar-refractivity contribution in [3.63, 3.8) is 0 Å². The van der Waals surface area contributed by atoms with Gasteiger partial charge in [0, 0.05) is 48.5 Å². The lowest BCUT2D eigenvalue weighted by atomic mass is 10.1. The number of hydrogen-bond acceptors (Lipinski definition) is 5. The summed E-state index contributed by atoms with van der Waals surface area (Å²) in [5, 5.41) is 3.31. The molecule has 0 aliphatic carbocycles. The predicted octanol–water partition coefficient (Wildman–Crippen LogP) is 3.60. The van der Waals surface area contributed by atoms with Crippen LogP contribution < -0.4 is 4.90 Å². The highest BCUT2D eigenvalue weighted by atomic mass is 32.1. The van der Waals surface area contributed by atoms with E-state index < -0.39 is 11.9 Å². The second-order valence-corrected chi connectivity index (χ2v) is 7.49. The van der Waals surface area contributed by atoms with E-state index in [2.05, 4.69) is 14.9 Å². The van der Waals surface area contributed by atoms with Crippen LogP contribution in [0.25, 0.3) is 10.8 Å². The summed E-state index contributed by atoms with van der Waals surface area (Å²) in [4.78, 5) is 24.2. The lowest BCUT2D eigenvalue weighted by Crippen LogP contribution is -2.49. The van der Waals surface area contributed by atoms with Crippen molar-refractivity contribution < 1.29 is 18.0 Å². The van der Waals surface area contributed by atoms with Gasteiger partial charge in [-0.25, -0.2) is 4.98 Å². The fourth-order valence-corrected chi connectivity index (χ4v) is 4.10. The van der Waals surface area contributed by atoms with Crippen molar-refractivity contribution in [3.8, 4) is 0 Å². The largest absolute Gasteiger partial charge is 0.434 e.